The van der Waals surface area contributed by atoms with E-state index in [0.29, 0.717) is 5.69 Å². The van der Waals surface area contributed by atoms with Crippen molar-refractivity contribution < 1.29 is 9.72 Å². The summed E-state index contributed by atoms with van der Waals surface area (Å²) in [5.41, 5.74) is 0.593. The summed E-state index contributed by atoms with van der Waals surface area (Å²) in [6.07, 6.45) is 0. The van der Waals surface area contributed by atoms with Crippen LogP contribution in [0.5, 0.6) is 0 Å². The molecule has 0 aromatic heterocycles. The number of carbonyl (C=O) groups excluding carboxylic acids is 1. The average molecular weight is 230 g/mol. The van der Waals surface area contributed by atoms with Crippen LogP contribution < -0.4 is 5.32 Å². The third-order valence-electron chi connectivity index (χ3n) is 2.34. The third-order valence-corrected chi connectivity index (χ3v) is 2.34. The molecule has 0 saturated carbocycles. The molecule has 0 aliphatic carbocycles. The molecule has 1 N–H and O–H groups in total. The number of rotatable bonds is 3. The molecule has 0 saturated heterocycles. The van der Waals surface area contributed by atoms with Crippen LogP contribution in [0, 0.1) is 10.1 Å². The normalized spacial score (nSPS) is 10.1. The van der Waals surface area contributed by atoms with E-state index in [1.807, 2.05) is 30.3 Å². The molecule has 0 aliphatic heterocycles. The zero-order chi connectivity index (χ0) is 12.3. The van der Waals surface area contributed by atoms with Crippen molar-refractivity contribution in [3.8, 4) is 0 Å². The molecule has 0 radical (unpaired) electrons. The van der Waals surface area contributed by atoms with E-state index in [4.69, 9.17) is 0 Å². The Kier molecular flexibility index (Phi) is 3.00. The lowest BCUT2D eigenvalue weighted by Gasteiger charge is -2.06. The Bertz CT molecular complexity index is 575. The second-order valence-electron chi connectivity index (χ2n) is 3.57. The van der Waals surface area contributed by atoms with E-state index < -0.39 is 17.4 Å². The molecule has 0 aliphatic rings. The van der Waals surface area contributed by atoms with Crippen LogP contribution in [0.25, 0.3) is 10.8 Å². The van der Waals surface area contributed by atoms with E-state index in [1.54, 1.807) is 12.1 Å². The van der Waals surface area contributed by atoms with Crippen molar-refractivity contribution in [2.45, 2.75) is 0 Å². The maximum Gasteiger partial charge on any atom is 0.296 e. The molecule has 0 bridgehead atoms. The molecule has 17 heavy (non-hydrogen) atoms. The Hall–Kier alpha value is -2.43. The lowest BCUT2D eigenvalue weighted by atomic mass is 10.1. The highest BCUT2D eigenvalue weighted by molar-refractivity contribution is 6.02. The molecule has 5 nitrogen and oxygen atoms in total. The second kappa shape index (κ2) is 4.61. The molecule has 0 unspecified atom stereocenters. The zero-order valence-corrected chi connectivity index (χ0v) is 8.92. The van der Waals surface area contributed by atoms with E-state index in [-0.39, 0.29) is 0 Å². The average Bonchev–Trinajstić information content (AvgIpc) is 2.28. The van der Waals surface area contributed by atoms with E-state index >= 15 is 0 Å². The Morgan fingerprint density at radius 2 is 1.88 bits per heavy atom. The lowest BCUT2D eigenvalue weighted by molar-refractivity contribution is -0.467. The van der Waals surface area contributed by atoms with Crippen molar-refractivity contribution in [2.75, 3.05) is 11.9 Å². The van der Waals surface area contributed by atoms with Gasteiger partial charge in [0.05, 0.1) is 0 Å². The third kappa shape index (κ3) is 2.57. The summed E-state index contributed by atoms with van der Waals surface area (Å²) in [5, 5.41) is 14.6. The number of amides is 1. The molecule has 86 valence electrons. The number of nitrogens with one attached hydrogen (secondary N) is 1. The number of nitrogens with zero attached hydrogens (tertiary/aromatic N) is 1. The van der Waals surface area contributed by atoms with Crippen molar-refractivity contribution in [3.05, 3.63) is 52.6 Å². The van der Waals surface area contributed by atoms with Gasteiger partial charge in [-0.3, -0.25) is 14.9 Å². The van der Waals surface area contributed by atoms with Gasteiger partial charge >= 0.3 is 0 Å². The summed E-state index contributed by atoms with van der Waals surface area (Å²) in [4.78, 5) is 20.9. The van der Waals surface area contributed by atoms with Gasteiger partial charge < -0.3 is 5.32 Å². The van der Waals surface area contributed by atoms with Crippen LogP contribution >= 0.6 is 0 Å². The van der Waals surface area contributed by atoms with E-state index in [9.17, 15) is 14.9 Å². The number of carbonyl (C=O) groups is 1. The molecule has 1 amide bonds. The van der Waals surface area contributed by atoms with Crippen molar-refractivity contribution in [2.24, 2.45) is 0 Å². The Morgan fingerprint density at radius 3 is 2.65 bits per heavy atom. The number of benzene rings is 2. The fourth-order valence-electron chi connectivity index (χ4n) is 1.64. The minimum atomic E-state index is -0.719. The van der Waals surface area contributed by atoms with E-state index in [1.165, 1.54) is 0 Å². The maximum atomic E-state index is 11.3. The molecule has 2 aromatic rings. The number of anilines is 1. The molecule has 2 rings (SSSR count). The molecule has 5 heteroatoms. The topological polar surface area (TPSA) is 72.2 Å². The van der Waals surface area contributed by atoms with Crippen molar-refractivity contribution in [1.82, 2.24) is 0 Å². The van der Waals surface area contributed by atoms with Crippen LogP contribution in [0.4, 0.5) is 5.69 Å². The standard InChI is InChI=1S/C12H10N2O3/c15-12(8-14(16)17)13-11-7-3-5-9-4-1-2-6-10(9)11/h1-7H,8H2,(H,13,15). The Labute approximate surface area is 97.2 Å². The number of hydrogen-bond acceptors (Lipinski definition) is 3. The second-order valence-corrected chi connectivity index (χ2v) is 3.57. The quantitative estimate of drug-likeness (QED) is 0.647. The minimum Gasteiger partial charge on any atom is -0.320 e. The summed E-state index contributed by atoms with van der Waals surface area (Å²) in [5.74, 6) is -0.619. The Balaban J connectivity index is 2.30. The highest BCUT2D eigenvalue weighted by Crippen LogP contribution is 2.22. The van der Waals surface area contributed by atoms with Crippen molar-refractivity contribution >= 4 is 22.4 Å². The minimum absolute atomic E-state index is 0.593. The summed E-state index contributed by atoms with van der Waals surface area (Å²) in [6.45, 7) is -0.719. The first kappa shape index (κ1) is 11.1. The van der Waals surface area contributed by atoms with Gasteiger partial charge in [0.15, 0.2) is 0 Å². The van der Waals surface area contributed by atoms with Crippen LogP contribution in [0.2, 0.25) is 0 Å². The van der Waals surface area contributed by atoms with Crippen LogP contribution in [-0.4, -0.2) is 17.4 Å². The number of nitro groups is 1. The molecular weight excluding hydrogens is 220 g/mol. The van der Waals surface area contributed by atoms with Gasteiger partial charge in [0.25, 0.3) is 12.5 Å². The van der Waals surface area contributed by atoms with Crippen LogP contribution in [0.3, 0.4) is 0 Å². The SMILES string of the molecule is O=C(C[N+](=O)[O-])Nc1cccc2ccccc12. The zero-order valence-electron chi connectivity index (χ0n) is 8.92. The Morgan fingerprint density at radius 1 is 1.18 bits per heavy atom. The van der Waals surface area contributed by atoms with Gasteiger partial charge in [-0.15, -0.1) is 0 Å². The predicted molar refractivity (Wildman–Crippen MR) is 64.4 cm³/mol. The first-order chi connectivity index (χ1) is 8.16. The number of fused-ring (bicyclic) bond motifs is 1. The van der Waals surface area contributed by atoms with Gasteiger partial charge in [-0.2, -0.15) is 0 Å². The van der Waals surface area contributed by atoms with Gasteiger partial charge in [0.1, 0.15) is 0 Å². The molecule has 0 atom stereocenters. The molecule has 2 aromatic carbocycles. The van der Waals surface area contributed by atoms with E-state index in [0.717, 1.165) is 10.8 Å². The van der Waals surface area contributed by atoms with Gasteiger partial charge in [-0.25, -0.2) is 0 Å². The van der Waals surface area contributed by atoms with Crippen LogP contribution in [0.15, 0.2) is 42.5 Å². The largest absolute Gasteiger partial charge is 0.320 e. The summed E-state index contributed by atoms with van der Waals surface area (Å²) < 4.78 is 0. The van der Waals surface area contributed by atoms with Gasteiger partial charge in [0, 0.05) is 16.0 Å². The highest BCUT2D eigenvalue weighted by Gasteiger charge is 2.10. The molecular formula is C12H10N2O3. The lowest BCUT2D eigenvalue weighted by Crippen LogP contribution is -2.21. The smallest absolute Gasteiger partial charge is 0.296 e. The van der Waals surface area contributed by atoms with Crippen molar-refractivity contribution in [1.29, 1.82) is 0 Å². The summed E-state index contributed by atoms with van der Waals surface area (Å²) in [6, 6.07) is 13.0. The van der Waals surface area contributed by atoms with Gasteiger partial charge in [-0.1, -0.05) is 36.4 Å². The van der Waals surface area contributed by atoms with Crippen LogP contribution in [0.1, 0.15) is 0 Å². The molecule has 0 spiro atoms. The molecule has 0 fully saturated rings. The maximum absolute atomic E-state index is 11.3. The molecule has 0 heterocycles. The van der Waals surface area contributed by atoms with Crippen LogP contribution in [-0.2, 0) is 4.79 Å². The van der Waals surface area contributed by atoms with Crippen molar-refractivity contribution in [3.63, 3.8) is 0 Å². The fourth-order valence-corrected chi connectivity index (χ4v) is 1.64. The van der Waals surface area contributed by atoms with Gasteiger partial charge in [0.2, 0.25) is 0 Å². The fraction of sp³-hybridized carbons (Fsp3) is 0.0833. The summed E-state index contributed by atoms with van der Waals surface area (Å²) in [7, 11) is 0. The highest BCUT2D eigenvalue weighted by atomic mass is 16.6. The summed E-state index contributed by atoms with van der Waals surface area (Å²) >= 11 is 0. The number of hydrogen-bond donors (Lipinski definition) is 1. The first-order valence-corrected chi connectivity index (χ1v) is 5.06. The monoisotopic (exact) mass is 230 g/mol. The van der Waals surface area contributed by atoms with Gasteiger partial charge in [-0.05, 0) is 11.5 Å². The first-order valence-electron chi connectivity index (χ1n) is 5.06. The van der Waals surface area contributed by atoms with E-state index in [2.05, 4.69) is 5.32 Å². The predicted octanol–water partition coefficient (Wildman–Crippen LogP) is 2.05.